The summed E-state index contributed by atoms with van der Waals surface area (Å²) in [6.45, 7) is 1.94. The molecule has 0 bridgehead atoms. The molecule has 0 saturated heterocycles. The predicted octanol–water partition coefficient (Wildman–Crippen LogP) is 2.10. The van der Waals surface area contributed by atoms with Gasteiger partial charge in [-0.3, -0.25) is 4.79 Å². The Labute approximate surface area is 121 Å². The Hall–Kier alpha value is -2.47. The zero-order valence-electron chi connectivity index (χ0n) is 11.5. The highest BCUT2D eigenvalue weighted by atomic mass is 19.1. The number of nitrogens with two attached hydrogens (primary N) is 1. The van der Waals surface area contributed by atoms with E-state index in [0.717, 1.165) is 17.7 Å². The van der Waals surface area contributed by atoms with Gasteiger partial charge in [0.05, 0.1) is 5.56 Å². The van der Waals surface area contributed by atoms with Crippen molar-refractivity contribution in [2.24, 2.45) is 5.84 Å². The van der Waals surface area contributed by atoms with Crippen LogP contribution in [0.2, 0.25) is 0 Å². The van der Waals surface area contributed by atoms with Crippen LogP contribution in [0.5, 0.6) is 0 Å². The molecule has 21 heavy (non-hydrogen) atoms. The number of fused-ring (bicyclic) bond motifs is 1. The molecule has 0 radical (unpaired) electrons. The third kappa shape index (κ3) is 2.13. The molecule has 6 heteroatoms. The van der Waals surface area contributed by atoms with Crippen molar-refractivity contribution in [2.45, 2.75) is 19.4 Å². The van der Waals surface area contributed by atoms with E-state index in [1.54, 1.807) is 4.90 Å². The van der Waals surface area contributed by atoms with Crippen molar-refractivity contribution in [3.05, 3.63) is 53.5 Å². The van der Waals surface area contributed by atoms with Gasteiger partial charge in [0, 0.05) is 17.9 Å². The number of anilines is 2. The van der Waals surface area contributed by atoms with Crippen LogP contribution in [-0.2, 0) is 6.42 Å². The lowest BCUT2D eigenvalue weighted by molar-refractivity contribution is 0.0977. The number of nitrogens with one attached hydrogen (secondary N) is 1. The first-order valence-corrected chi connectivity index (χ1v) is 6.66. The van der Waals surface area contributed by atoms with E-state index in [-0.39, 0.29) is 23.3 Å². The Morgan fingerprint density at radius 3 is 2.95 bits per heavy atom. The quantitative estimate of drug-likeness (QED) is 0.655. The van der Waals surface area contributed by atoms with E-state index in [0.29, 0.717) is 0 Å². The molecule has 0 aliphatic carbocycles. The average Bonchev–Trinajstić information content (AvgIpc) is 2.82. The SMILES string of the molecule is CC1Cc2ccccc2N1C(=O)c1ccnc(NN)c1F. The minimum atomic E-state index is -0.735. The lowest BCUT2D eigenvalue weighted by Gasteiger charge is -2.23. The molecule has 5 nitrogen and oxygen atoms in total. The van der Waals surface area contributed by atoms with Gasteiger partial charge in [0.2, 0.25) is 0 Å². The third-order valence-corrected chi connectivity index (χ3v) is 3.68. The Morgan fingerprint density at radius 1 is 1.43 bits per heavy atom. The highest BCUT2D eigenvalue weighted by Crippen LogP contribution is 2.33. The fraction of sp³-hybridized carbons (Fsp3) is 0.200. The van der Waals surface area contributed by atoms with E-state index in [2.05, 4.69) is 10.4 Å². The Balaban J connectivity index is 2.04. The predicted molar refractivity (Wildman–Crippen MR) is 78.4 cm³/mol. The fourth-order valence-electron chi connectivity index (χ4n) is 2.71. The van der Waals surface area contributed by atoms with Gasteiger partial charge in [0.15, 0.2) is 11.6 Å². The molecule has 2 aromatic rings. The van der Waals surface area contributed by atoms with Crippen molar-refractivity contribution in [3.63, 3.8) is 0 Å². The summed E-state index contributed by atoms with van der Waals surface area (Å²) in [7, 11) is 0. The van der Waals surface area contributed by atoms with Gasteiger partial charge in [-0.25, -0.2) is 15.2 Å². The number of pyridine rings is 1. The summed E-state index contributed by atoms with van der Waals surface area (Å²) in [5.41, 5.74) is 4.03. The molecule has 1 aliphatic rings. The number of carbonyl (C=O) groups excluding carboxylic acids is 1. The number of hydrogen-bond acceptors (Lipinski definition) is 4. The van der Waals surface area contributed by atoms with Crippen LogP contribution in [0, 0.1) is 5.82 Å². The molecule has 0 spiro atoms. The molecular formula is C15H15FN4O. The molecule has 2 heterocycles. The standard InChI is InChI=1S/C15H15FN4O/c1-9-8-10-4-2-3-5-12(10)20(9)15(21)11-6-7-18-14(19-17)13(11)16/h2-7,9H,8,17H2,1H3,(H,18,19). The lowest BCUT2D eigenvalue weighted by Crippen LogP contribution is -2.36. The Bertz CT molecular complexity index is 704. The average molecular weight is 286 g/mol. The van der Waals surface area contributed by atoms with Gasteiger partial charge in [-0.2, -0.15) is 0 Å². The van der Waals surface area contributed by atoms with E-state index in [1.807, 2.05) is 31.2 Å². The Morgan fingerprint density at radius 2 is 2.19 bits per heavy atom. The van der Waals surface area contributed by atoms with Crippen molar-refractivity contribution in [1.82, 2.24) is 4.98 Å². The number of hydrazine groups is 1. The summed E-state index contributed by atoms with van der Waals surface area (Å²) in [5, 5.41) is 0. The van der Waals surface area contributed by atoms with Crippen LogP contribution in [0.25, 0.3) is 0 Å². The summed E-state index contributed by atoms with van der Waals surface area (Å²) in [6.07, 6.45) is 2.12. The fourth-order valence-corrected chi connectivity index (χ4v) is 2.71. The molecule has 1 unspecified atom stereocenters. The number of amides is 1. The number of hydrogen-bond donors (Lipinski definition) is 2. The summed E-state index contributed by atoms with van der Waals surface area (Å²) >= 11 is 0. The number of benzene rings is 1. The minimum Gasteiger partial charge on any atom is -0.306 e. The summed E-state index contributed by atoms with van der Waals surface area (Å²) in [4.78, 5) is 18.1. The topological polar surface area (TPSA) is 71.2 Å². The maximum absolute atomic E-state index is 14.2. The first-order valence-electron chi connectivity index (χ1n) is 6.66. The number of nitrogens with zero attached hydrogens (tertiary/aromatic N) is 2. The van der Waals surface area contributed by atoms with Gasteiger partial charge in [-0.1, -0.05) is 18.2 Å². The second kappa shape index (κ2) is 5.14. The first kappa shape index (κ1) is 13.5. The Kier molecular flexibility index (Phi) is 3.31. The molecule has 3 N–H and O–H groups in total. The van der Waals surface area contributed by atoms with Gasteiger partial charge < -0.3 is 10.3 Å². The first-order chi connectivity index (χ1) is 10.1. The van der Waals surface area contributed by atoms with Crippen LogP contribution in [0.4, 0.5) is 15.9 Å². The van der Waals surface area contributed by atoms with Crippen molar-refractivity contribution >= 4 is 17.4 Å². The van der Waals surface area contributed by atoms with Crippen LogP contribution in [0.1, 0.15) is 22.8 Å². The van der Waals surface area contributed by atoms with E-state index in [9.17, 15) is 9.18 Å². The number of nitrogen functional groups attached to an aromatic ring is 1. The molecule has 0 saturated carbocycles. The number of aromatic nitrogens is 1. The zero-order chi connectivity index (χ0) is 15.0. The molecular weight excluding hydrogens is 271 g/mol. The largest absolute Gasteiger partial charge is 0.306 e. The molecule has 1 aromatic heterocycles. The number of carbonyl (C=O) groups is 1. The summed E-state index contributed by atoms with van der Waals surface area (Å²) in [5.74, 6) is 3.94. The summed E-state index contributed by atoms with van der Waals surface area (Å²) in [6, 6.07) is 9.01. The second-order valence-electron chi connectivity index (χ2n) is 5.02. The maximum Gasteiger partial charge on any atom is 0.261 e. The number of para-hydroxylation sites is 1. The van der Waals surface area contributed by atoms with Crippen molar-refractivity contribution in [3.8, 4) is 0 Å². The molecule has 0 fully saturated rings. The second-order valence-corrected chi connectivity index (χ2v) is 5.02. The van der Waals surface area contributed by atoms with Gasteiger partial charge in [0.1, 0.15) is 0 Å². The maximum atomic E-state index is 14.2. The van der Waals surface area contributed by atoms with Gasteiger partial charge in [-0.05, 0) is 31.0 Å². The highest BCUT2D eigenvalue weighted by Gasteiger charge is 2.32. The molecule has 1 amide bonds. The van der Waals surface area contributed by atoms with E-state index in [1.165, 1.54) is 12.3 Å². The van der Waals surface area contributed by atoms with Crippen LogP contribution in [0.15, 0.2) is 36.5 Å². The van der Waals surface area contributed by atoms with Crippen LogP contribution in [-0.4, -0.2) is 16.9 Å². The monoisotopic (exact) mass is 286 g/mol. The third-order valence-electron chi connectivity index (χ3n) is 3.68. The van der Waals surface area contributed by atoms with Crippen LogP contribution < -0.4 is 16.2 Å². The van der Waals surface area contributed by atoms with Crippen molar-refractivity contribution in [1.29, 1.82) is 0 Å². The van der Waals surface area contributed by atoms with E-state index < -0.39 is 5.82 Å². The molecule has 108 valence electrons. The van der Waals surface area contributed by atoms with Crippen LogP contribution >= 0.6 is 0 Å². The molecule has 1 aromatic carbocycles. The van der Waals surface area contributed by atoms with E-state index in [4.69, 9.17) is 5.84 Å². The lowest BCUT2D eigenvalue weighted by atomic mass is 10.1. The molecule has 3 rings (SSSR count). The van der Waals surface area contributed by atoms with Crippen molar-refractivity contribution in [2.75, 3.05) is 10.3 Å². The molecule has 1 aliphatic heterocycles. The minimum absolute atomic E-state index is 0.0169. The van der Waals surface area contributed by atoms with E-state index >= 15 is 0 Å². The number of halogens is 1. The molecule has 1 atom stereocenters. The van der Waals surface area contributed by atoms with Gasteiger partial charge in [0.25, 0.3) is 5.91 Å². The summed E-state index contributed by atoms with van der Waals surface area (Å²) < 4.78 is 14.2. The zero-order valence-corrected chi connectivity index (χ0v) is 11.5. The highest BCUT2D eigenvalue weighted by molar-refractivity contribution is 6.08. The van der Waals surface area contributed by atoms with Gasteiger partial charge >= 0.3 is 0 Å². The van der Waals surface area contributed by atoms with Crippen molar-refractivity contribution < 1.29 is 9.18 Å². The normalized spacial score (nSPS) is 16.7. The smallest absolute Gasteiger partial charge is 0.261 e. The van der Waals surface area contributed by atoms with Crippen LogP contribution in [0.3, 0.4) is 0 Å². The van der Waals surface area contributed by atoms with Gasteiger partial charge in [-0.15, -0.1) is 0 Å². The number of rotatable bonds is 2.